The fraction of sp³-hybridized carbons (Fsp3) is 0.312. The molecule has 0 fully saturated rings. The number of aryl methyl sites for hydroxylation is 2. The molecule has 1 aromatic carbocycles. The molecule has 0 atom stereocenters. The molecule has 1 aromatic heterocycles. The minimum absolute atomic E-state index is 0.0614. The number of nitrogens with two attached hydrogens (primary N) is 1. The minimum atomic E-state index is 0.0614. The minimum Gasteiger partial charge on any atom is -0.399 e. The molecule has 0 aliphatic rings. The van der Waals surface area contributed by atoms with E-state index < -0.39 is 0 Å². The Hall–Kier alpha value is -2.23. The Morgan fingerprint density at radius 2 is 2.10 bits per heavy atom. The average Bonchev–Trinajstić information content (AvgIpc) is 2.74. The zero-order chi connectivity index (χ0) is 14.5. The van der Waals surface area contributed by atoms with Gasteiger partial charge in [0.25, 0.3) is 0 Å². The molecular weight excluding hydrogens is 250 g/mol. The second-order valence-corrected chi connectivity index (χ2v) is 5.05. The predicted molar refractivity (Wildman–Crippen MR) is 81.2 cm³/mol. The van der Waals surface area contributed by atoms with Gasteiger partial charge in [0.2, 0.25) is 5.91 Å². The third-order valence-corrected chi connectivity index (χ3v) is 3.54. The molecule has 0 aliphatic heterocycles. The van der Waals surface area contributed by atoms with Crippen molar-refractivity contribution in [3.05, 3.63) is 53.3 Å². The predicted octanol–water partition coefficient (Wildman–Crippen LogP) is 2.16. The van der Waals surface area contributed by atoms with Crippen LogP contribution in [0.2, 0.25) is 0 Å². The third kappa shape index (κ3) is 3.63. The van der Waals surface area contributed by atoms with Crippen molar-refractivity contribution in [1.29, 1.82) is 0 Å². The zero-order valence-electron chi connectivity index (χ0n) is 12.0. The molecule has 0 radical (unpaired) electrons. The Labute approximate surface area is 119 Å². The van der Waals surface area contributed by atoms with Gasteiger partial charge in [0.1, 0.15) is 0 Å². The second-order valence-electron chi connectivity index (χ2n) is 5.05. The van der Waals surface area contributed by atoms with Crippen LogP contribution in [0.1, 0.15) is 23.4 Å². The number of carbonyl (C=O) groups excluding carboxylic acids is 1. The van der Waals surface area contributed by atoms with E-state index in [2.05, 4.69) is 9.88 Å². The van der Waals surface area contributed by atoms with Gasteiger partial charge in [0.15, 0.2) is 0 Å². The number of nitrogens with zero attached hydrogens (tertiary/aromatic N) is 1. The summed E-state index contributed by atoms with van der Waals surface area (Å²) in [5, 5.41) is 2.95. The van der Waals surface area contributed by atoms with Crippen LogP contribution in [-0.2, 0) is 24.8 Å². The van der Waals surface area contributed by atoms with Crippen molar-refractivity contribution >= 4 is 11.6 Å². The number of anilines is 1. The summed E-state index contributed by atoms with van der Waals surface area (Å²) in [6, 6.07) is 11.7. The smallest absolute Gasteiger partial charge is 0.220 e. The summed E-state index contributed by atoms with van der Waals surface area (Å²) < 4.78 is 2.08. The van der Waals surface area contributed by atoms with Crippen LogP contribution in [0.25, 0.3) is 0 Å². The van der Waals surface area contributed by atoms with E-state index in [1.807, 2.05) is 50.4 Å². The van der Waals surface area contributed by atoms with Gasteiger partial charge in [-0.25, -0.2) is 0 Å². The maximum Gasteiger partial charge on any atom is 0.220 e. The first kappa shape index (κ1) is 14.2. The van der Waals surface area contributed by atoms with Crippen LogP contribution in [0.15, 0.2) is 36.4 Å². The molecule has 0 saturated heterocycles. The number of amides is 1. The molecule has 0 spiro atoms. The van der Waals surface area contributed by atoms with Crippen molar-refractivity contribution in [3.8, 4) is 0 Å². The molecule has 0 unspecified atom stereocenters. The lowest BCUT2D eigenvalue weighted by Crippen LogP contribution is -2.24. The maximum absolute atomic E-state index is 11.8. The van der Waals surface area contributed by atoms with Crippen molar-refractivity contribution in [2.24, 2.45) is 7.05 Å². The number of rotatable bonds is 5. The number of aromatic nitrogens is 1. The summed E-state index contributed by atoms with van der Waals surface area (Å²) in [4.78, 5) is 11.8. The number of benzene rings is 1. The van der Waals surface area contributed by atoms with E-state index in [1.54, 1.807) is 0 Å². The van der Waals surface area contributed by atoms with E-state index in [1.165, 1.54) is 5.69 Å². The number of nitrogens with one attached hydrogen (secondary N) is 1. The van der Waals surface area contributed by atoms with E-state index in [0.717, 1.165) is 16.9 Å². The van der Waals surface area contributed by atoms with E-state index >= 15 is 0 Å². The number of nitrogen functional groups attached to an aromatic ring is 1. The highest BCUT2D eigenvalue weighted by Gasteiger charge is 2.05. The summed E-state index contributed by atoms with van der Waals surface area (Å²) in [7, 11) is 2.00. The van der Waals surface area contributed by atoms with Crippen molar-refractivity contribution < 1.29 is 4.79 Å². The van der Waals surface area contributed by atoms with Crippen LogP contribution >= 0.6 is 0 Å². The van der Waals surface area contributed by atoms with Gasteiger partial charge in [-0.05, 0) is 43.2 Å². The molecule has 1 heterocycles. The van der Waals surface area contributed by atoms with Crippen LogP contribution in [0, 0.1) is 6.92 Å². The van der Waals surface area contributed by atoms with E-state index in [4.69, 9.17) is 5.73 Å². The van der Waals surface area contributed by atoms with E-state index in [0.29, 0.717) is 19.4 Å². The maximum atomic E-state index is 11.8. The van der Waals surface area contributed by atoms with E-state index in [9.17, 15) is 4.79 Å². The largest absolute Gasteiger partial charge is 0.399 e. The standard InChI is InChI=1S/C16H21N3O/c1-12-6-8-15(19(12)2)11-18-16(20)9-7-13-4-3-5-14(17)10-13/h3-6,8,10H,7,9,11,17H2,1-2H3,(H,18,20). The molecule has 4 nitrogen and oxygen atoms in total. The Bertz CT molecular complexity index is 602. The molecule has 0 saturated carbocycles. The average molecular weight is 271 g/mol. The highest BCUT2D eigenvalue weighted by Crippen LogP contribution is 2.09. The molecule has 0 aliphatic carbocycles. The molecule has 106 valence electrons. The van der Waals surface area contributed by atoms with Gasteiger partial charge < -0.3 is 15.6 Å². The van der Waals surface area contributed by atoms with Crippen LogP contribution in [0.5, 0.6) is 0 Å². The second kappa shape index (κ2) is 6.28. The monoisotopic (exact) mass is 271 g/mol. The first-order valence-corrected chi connectivity index (χ1v) is 6.78. The molecule has 2 aromatic rings. The molecule has 20 heavy (non-hydrogen) atoms. The fourth-order valence-corrected chi connectivity index (χ4v) is 2.13. The van der Waals surface area contributed by atoms with Crippen LogP contribution < -0.4 is 11.1 Å². The summed E-state index contributed by atoms with van der Waals surface area (Å²) in [5.41, 5.74) is 9.85. The fourth-order valence-electron chi connectivity index (χ4n) is 2.13. The quantitative estimate of drug-likeness (QED) is 0.819. The van der Waals surface area contributed by atoms with Crippen LogP contribution in [0.3, 0.4) is 0 Å². The van der Waals surface area contributed by atoms with Gasteiger partial charge in [-0.1, -0.05) is 12.1 Å². The van der Waals surface area contributed by atoms with Gasteiger partial charge in [0.05, 0.1) is 6.54 Å². The first-order chi connectivity index (χ1) is 9.56. The molecule has 1 amide bonds. The number of hydrogen-bond donors (Lipinski definition) is 2. The number of hydrogen-bond acceptors (Lipinski definition) is 2. The lowest BCUT2D eigenvalue weighted by Gasteiger charge is -2.08. The highest BCUT2D eigenvalue weighted by molar-refractivity contribution is 5.76. The lowest BCUT2D eigenvalue weighted by atomic mass is 10.1. The van der Waals surface area contributed by atoms with Crippen LogP contribution in [-0.4, -0.2) is 10.5 Å². The number of carbonyl (C=O) groups is 1. The SMILES string of the molecule is Cc1ccc(CNC(=O)CCc2cccc(N)c2)n1C. The Kier molecular flexibility index (Phi) is 4.45. The van der Waals surface area contributed by atoms with Crippen LogP contribution in [0.4, 0.5) is 5.69 Å². The Balaban J connectivity index is 1.80. The van der Waals surface area contributed by atoms with Gasteiger partial charge in [-0.3, -0.25) is 4.79 Å². The lowest BCUT2D eigenvalue weighted by molar-refractivity contribution is -0.121. The summed E-state index contributed by atoms with van der Waals surface area (Å²) in [6.07, 6.45) is 1.19. The molecule has 0 bridgehead atoms. The van der Waals surface area contributed by atoms with Crippen molar-refractivity contribution in [1.82, 2.24) is 9.88 Å². The molecule has 4 heteroatoms. The molecular formula is C16H21N3O. The van der Waals surface area contributed by atoms with Crippen molar-refractivity contribution in [3.63, 3.8) is 0 Å². The highest BCUT2D eigenvalue weighted by atomic mass is 16.1. The zero-order valence-corrected chi connectivity index (χ0v) is 12.0. The first-order valence-electron chi connectivity index (χ1n) is 6.78. The van der Waals surface area contributed by atoms with Crippen molar-refractivity contribution in [2.45, 2.75) is 26.3 Å². The van der Waals surface area contributed by atoms with Crippen molar-refractivity contribution in [2.75, 3.05) is 5.73 Å². The normalized spacial score (nSPS) is 10.5. The summed E-state index contributed by atoms with van der Waals surface area (Å²) in [5.74, 6) is 0.0614. The van der Waals surface area contributed by atoms with Gasteiger partial charge in [-0.15, -0.1) is 0 Å². The topological polar surface area (TPSA) is 60.1 Å². The molecule has 2 rings (SSSR count). The summed E-state index contributed by atoms with van der Waals surface area (Å²) >= 11 is 0. The van der Waals surface area contributed by atoms with Gasteiger partial charge in [0, 0.05) is 30.5 Å². The van der Waals surface area contributed by atoms with Gasteiger partial charge in [-0.2, -0.15) is 0 Å². The van der Waals surface area contributed by atoms with Gasteiger partial charge >= 0.3 is 0 Å². The Morgan fingerprint density at radius 1 is 1.30 bits per heavy atom. The Morgan fingerprint density at radius 3 is 2.75 bits per heavy atom. The van der Waals surface area contributed by atoms with E-state index in [-0.39, 0.29) is 5.91 Å². The summed E-state index contributed by atoms with van der Waals surface area (Å²) in [6.45, 7) is 2.62. The molecule has 3 N–H and O–H groups in total. The third-order valence-electron chi connectivity index (χ3n) is 3.54.